The Labute approximate surface area is 231 Å². The van der Waals surface area contributed by atoms with E-state index in [1.807, 2.05) is 18.2 Å². The average molecular weight is 566 g/mol. The summed E-state index contributed by atoms with van der Waals surface area (Å²) in [5.74, 6) is -0.782. The van der Waals surface area contributed by atoms with Gasteiger partial charge in [0, 0.05) is 36.7 Å². The number of rotatable bonds is 11. The van der Waals surface area contributed by atoms with Crippen LogP contribution in [-0.2, 0) is 14.8 Å². The zero-order chi connectivity index (χ0) is 27.8. The molecule has 4 aromatic rings. The van der Waals surface area contributed by atoms with Gasteiger partial charge in [-0.2, -0.15) is 0 Å². The van der Waals surface area contributed by atoms with Crippen LogP contribution in [0, 0.1) is 11.6 Å². The Hall–Kier alpha value is -4.18. The third-order valence-electron chi connectivity index (χ3n) is 5.83. The summed E-state index contributed by atoms with van der Waals surface area (Å²) >= 11 is 5.16. The zero-order valence-corrected chi connectivity index (χ0v) is 22.2. The van der Waals surface area contributed by atoms with Crippen LogP contribution < -0.4 is 14.8 Å². The van der Waals surface area contributed by atoms with Gasteiger partial charge in [0.2, 0.25) is 21.0 Å². The molecule has 4 rings (SSSR count). The van der Waals surface area contributed by atoms with Crippen LogP contribution in [0.2, 0.25) is 5.02 Å². The maximum absolute atomic E-state index is 13.0. The maximum Gasteiger partial charge on any atom is 0.335 e. The summed E-state index contributed by atoms with van der Waals surface area (Å²) in [5.41, 5.74) is 1.28. The number of amides is 1. The Bertz CT molecular complexity index is 1530. The molecule has 1 unspecified atom stereocenters. The van der Waals surface area contributed by atoms with Crippen molar-refractivity contribution >= 4 is 27.6 Å². The largest absolute Gasteiger partial charge is 0.478 e. The number of para-hydroxylation sites is 1. The lowest BCUT2D eigenvalue weighted by atomic mass is 9.95. The van der Waals surface area contributed by atoms with Crippen molar-refractivity contribution in [3.05, 3.63) is 119 Å². The molecule has 0 saturated carbocycles. The van der Waals surface area contributed by atoms with Crippen molar-refractivity contribution in [2.45, 2.75) is 17.2 Å². The summed E-state index contributed by atoms with van der Waals surface area (Å²) in [6.07, 6.45) is -0.0240. The molecule has 0 radical (unpaired) electrons. The highest BCUT2D eigenvalue weighted by Gasteiger charge is 2.21. The van der Waals surface area contributed by atoms with Crippen LogP contribution in [0.5, 0.6) is 11.5 Å². The van der Waals surface area contributed by atoms with E-state index in [0.29, 0.717) is 22.2 Å². The summed E-state index contributed by atoms with van der Waals surface area (Å²) < 4.78 is 34.4. The standard InChI is InChI=1S/C29H25ClN2O6S/c30-23-10-6-20(7-11-23)22(18-28(33)32-24-12-8-21(9-13-24)29(34)35)19-31-39(36,37)27-16-14-26(15-17-27)38-25-4-2-1-3-5-25/h1-17,22,30-31H,18-19H2,(H-,32,33,34,35)/p+1. The van der Waals surface area contributed by atoms with Crippen molar-refractivity contribution < 1.29 is 39.5 Å². The second kappa shape index (κ2) is 12.6. The van der Waals surface area contributed by atoms with Crippen LogP contribution in [-0.4, -0.2) is 31.9 Å². The van der Waals surface area contributed by atoms with E-state index in [1.54, 1.807) is 48.5 Å². The van der Waals surface area contributed by atoms with Crippen molar-refractivity contribution in [2.24, 2.45) is 0 Å². The fourth-order valence-corrected chi connectivity index (χ4v) is 5.00. The molecule has 0 bridgehead atoms. The predicted molar refractivity (Wildman–Crippen MR) is 145 cm³/mol. The average Bonchev–Trinajstić information content (AvgIpc) is 2.93. The van der Waals surface area contributed by atoms with Crippen LogP contribution in [0.3, 0.4) is 0 Å². The van der Waals surface area contributed by atoms with Crippen molar-refractivity contribution in [3.8, 4) is 11.5 Å². The molecular formula is C29H26ClN2O6S+. The van der Waals surface area contributed by atoms with Crippen molar-refractivity contribution in [1.29, 1.82) is 0 Å². The first-order valence-electron chi connectivity index (χ1n) is 11.9. The SMILES string of the molecule is O=C(CC(CNS(=O)(=O)c1ccc(Oc2ccccc2)cc1)c1ccc([ClH+])cc1)Nc1ccc(C(=O)O)cc1. The summed E-state index contributed by atoms with van der Waals surface area (Å²) in [7, 11) is -3.88. The van der Waals surface area contributed by atoms with Gasteiger partial charge in [-0.05, 0) is 66.2 Å². The van der Waals surface area contributed by atoms with Gasteiger partial charge < -0.3 is 15.2 Å². The van der Waals surface area contributed by atoms with Crippen molar-refractivity contribution in [1.82, 2.24) is 4.72 Å². The fourth-order valence-electron chi connectivity index (χ4n) is 3.78. The van der Waals surface area contributed by atoms with E-state index in [9.17, 15) is 18.0 Å². The number of carbonyl (C=O) groups is 2. The van der Waals surface area contributed by atoms with Gasteiger partial charge in [0.05, 0.1) is 10.5 Å². The second-order valence-electron chi connectivity index (χ2n) is 8.64. The number of carboxylic acids is 1. The number of carbonyl (C=O) groups excluding carboxylic acids is 1. The number of carboxylic acid groups (broad SMARTS) is 1. The first kappa shape index (κ1) is 27.8. The third kappa shape index (κ3) is 7.90. The Kier molecular flexibility index (Phi) is 8.98. The van der Waals surface area contributed by atoms with Crippen LogP contribution in [0.25, 0.3) is 0 Å². The summed E-state index contributed by atoms with van der Waals surface area (Å²) in [6, 6.07) is 28.0. The Balaban J connectivity index is 1.44. The number of aromatic carboxylic acids is 1. The van der Waals surface area contributed by atoms with E-state index >= 15 is 0 Å². The molecule has 8 nitrogen and oxygen atoms in total. The highest BCUT2D eigenvalue weighted by Crippen LogP contribution is 2.25. The lowest BCUT2D eigenvalue weighted by Gasteiger charge is -2.18. The first-order chi connectivity index (χ1) is 18.7. The highest BCUT2D eigenvalue weighted by molar-refractivity contribution is 7.89. The number of halogens is 1. The molecule has 0 aliphatic heterocycles. The molecule has 3 N–H and O–H groups in total. The molecular weight excluding hydrogens is 540 g/mol. The molecule has 0 spiro atoms. The Morgan fingerprint density at radius 3 is 2.05 bits per heavy atom. The van der Waals surface area contributed by atoms with E-state index in [4.69, 9.17) is 21.4 Å². The highest BCUT2D eigenvalue weighted by atomic mass is 35.5. The molecule has 39 heavy (non-hydrogen) atoms. The lowest BCUT2D eigenvalue weighted by Crippen LogP contribution is -2.30. The van der Waals surface area contributed by atoms with Crippen LogP contribution in [0.15, 0.2) is 108 Å². The Morgan fingerprint density at radius 1 is 0.821 bits per heavy atom. The number of nitrogens with one attached hydrogen (secondary N) is 2. The first-order valence-corrected chi connectivity index (χ1v) is 13.8. The number of hydrogen-bond acceptors (Lipinski definition) is 5. The molecule has 0 aliphatic rings. The molecule has 0 aliphatic carbocycles. The van der Waals surface area contributed by atoms with E-state index in [1.165, 1.54) is 36.4 Å². The molecule has 0 aromatic heterocycles. The van der Waals surface area contributed by atoms with Gasteiger partial charge in [-0.1, -0.05) is 30.3 Å². The van der Waals surface area contributed by atoms with Gasteiger partial charge >= 0.3 is 5.97 Å². The minimum absolute atomic E-state index is 0.0240. The quantitative estimate of drug-likeness (QED) is 0.236. The molecule has 0 fully saturated rings. The normalized spacial score (nSPS) is 11.9. The van der Waals surface area contributed by atoms with Gasteiger partial charge in [-0.15, -0.1) is 0 Å². The van der Waals surface area contributed by atoms with Crippen LogP contribution >= 0.6 is 0 Å². The molecule has 200 valence electrons. The molecule has 4 aromatic carbocycles. The summed E-state index contributed by atoms with van der Waals surface area (Å²) in [5, 5.41) is 12.4. The van der Waals surface area contributed by atoms with Crippen LogP contribution in [0.1, 0.15) is 28.3 Å². The zero-order valence-electron chi connectivity index (χ0n) is 20.6. The lowest BCUT2D eigenvalue weighted by molar-refractivity contribution is -0.288. The van der Waals surface area contributed by atoms with E-state index in [2.05, 4.69) is 10.0 Å². The predicted octanol–water partition coefficient (Wildman–Crippen LogP) is 4.96. The Morgan fingerprint density at radius 2 is 1.44 bits per heavy atom. The van der Waals surface area contributed by atoms with E-state index in [0.717, 1.165) is 5.56 Å². The number of sulfonamides is 1. The minimum atomic E-state index is -3.88. The third-order valence-corrected chi connectivity index (χ3v) is 7.54. The van der Waals surface area contributed by atoms with E-state index in [-0.39, 0.29) is 29.3 Å². The number of anilines is 1. The molecule has 1 atom stereocenters. The van der Waals surface area contributed by atoms with Gasteiger partial charge in [0.15, 0.2) is 11.6 Å². The second-order valence-corrected chi connectivity index (χ2v) is 10.9. The van der Waals surface area contributed by atoms with Gasteiger partial charge in [-0.3, -0.25) is 4.79 Å². The number of benzene rings is 4. The number of ether oxygens (including phenoxy) is 1. The topological polar surface area (TPSA) is 122 Å². The fraction of sp³-hybridized carbons (Fsp3) is 0.103. The van der Waals surface area contributed by atoms with Crippen molar-refractivity contribution in [3.63, 3.8) is 0 Å². The van der Waals surface area contributed by atoms with Crippen molar-refractivity contribution in [2.75, 3.05) is 11.9 Å². The number of hydrogen-bond donors (Lipinski definition) is 3. The maximum atomic E-state index is 13.0. The van der Waals surface area contributed by atoms with E-state index < -0.39 is 21.9 Å². The molecule has 10 heteroatoms. The summed E-state index contributed by atoms with van der Waals surface area (Å²) in [6.45, 7) is -0.0350. The summed E-state index contributed by atoms with van der Waals surface area (Å²) in [4.78, 5) is 23.9. The van der Waals surface area contributed by atoms with Gasteiger partial charge in [0.1, 0.15) is 11.5 Å². The molecule has 1 amide bonds. The monoisotopic (exact) mass is 565 g/mol. The molecule has 0 heterocycles. The molecule has 0 saturated heterocycles. The smallest absolute Gasteiger partial charge is 0.335 e. The van der Waals surface area contributed by atoms with Gasteiger partial charge in [0.25, 0.3) is 0 Å². The van der Waals surface area contributed by atoms with Gasteiger partial charge in [-0.25, -0.2) is 17.9 Å². The van der Waals surface area contributed by atoms with Crippen LogP contribution in [0.4, 0.5) is 5.69 Å². The minimum Gasteiger partial charge on any atom is -0.478 e.